The van der Waals surface area contributed by atoms with Crippen molar-refractivity contribution < 1.29 is 9.21 Å². The number of imidazole rings is 1. The van der Waals surface area contributed by atoms with Crippen molar-refractivity contribution in [1.82, 2.24) is 19.8 Å². The monoisotopic (exact) mass is 364 g/mol. The molecule has 0 unspecified atom stereocenters. The average molecular weight is 364 g/mol. The zero-order valence-corrected chi connectivity index (χ0v) is 15.6. The summed E-state index contributed by atoms with van der Waals surface area (Å²) in [7, 11) is 0. The first kappa shape index (κ1) is 16.6. The number of amides is 1. The van der Waals surface area contributed by atoms with Crippen molar-refractivity contribution in [3.8, 4) is 0 Å². The molecule has 0 radical (unpaired) electrons. The fourth-order valence-electron chi connectivity index (χ4n) is 4.86. The van der Waals surface area contributed by atoms with Gasteiger partial charge in [-0.2, -0.15) is 0 Å². The van der Waals surface area contributed by atoms with E-state index in [0.29, 0.717) is 0 Å². The standard InChI is InChI=1S/C21H24N4O2/c1-15(26)25-9-6-18-20(23-14-22-18)21(25)7-10-24(11-8-21)13-17-12-16-4-2-3-5-19(16)27-17/h2-5,12,14H,6-11,13H2,1H3,(H,22,23). The van der Waals surface area contributed by atoms with Crippen molar-refractivity contribution in [1.29, 1.82) is 0 Å². The number of nitrogens with zero attached hydrogens (tertiary/aromatic N) is 3. The maximum absolute atomic E-state index is 12.3. The van der Waals surface area contributed by atoms with Gasteiger partial charge in [-0.05, 0) is 25.0 Å². The molecular formula is C21H24N4O2. The summed E-state index contributed by atoms with van der Waals surface area (Å²) in [6.45, 7) is 5.10. The number of piperidine rings is 1. The summed E-state index contributed by atoms with van der Waals surface area (Å²) in [5, 5.41) is 1.15. The van der Waals surface area contributed by atoms with E-state index in [4.69, 9.17) is 4.42 Å². The van der Waals surface area contributed by atoms with E-state index in [1.165, 1.54) is 5.69 Å². The Kier molecular flexibility index (Phi) is 3.82. The molecule has 1 amide bonds. The first-order chi connectivity index (χ1) is 13.2. The Morgan fingerprint density at radius 3 is 2.85 bits per heavy atom. The number of para-hydroxylation sites is 1. The van der Waals surface area contributed by atoms with Crippen LogP contribution in [-0.4, -0.2) is 45.3 Å². The SMILES string of the molecule is CC(=O)N1CCc2[nH]cnc2C12CCN(Cc1cc3ccccc3o1)CC2. The molecule has 6 heteroatoms. The predicted molar refractivity (Wildman–Crippen MR) is 102 cm³/mol. The van der Waals surface area contributed by atoms with Gasteiger partial charge in [-0.3, -0.25) is 9.69 Å². The lowest BCUT2D eigenvalue weighted by Gasteiger charge is -2.50. The molecule has 0 bridgehead atoms. The van der Waals surface area contributed by atoms with Gasteiger partial charge in [0.25, 0.3) is 0 Å². The molecule has 140 valence electrons. The minimum Gasteiger partial charge on any atom is -0.460 e. The highest BCUT2D eigenvalue weighted by atomic mass is 16.3. The molecule has 1 saturated heterocycles. The number of likely N-dealkylation sites (tertiary alicyclic amines) is 1. The molecule has 3 aromatic rings. The van der Waals surface area contributed by atoms with Crippen LogP contribution >= 0.6 is 0 Å². The van der Waals surface area contributed by atoms with Crippen LogP contribution in [0.4, 0.5) is 0 Å². The van der Waals surface area contributed by atoms with E-state index >= 15 is 0 Å². The maximum atomic E-state index is 12.3. The molecule has 0 atom stereocenters. The number of rotatable bonds is 2. The van der Waals surface area contributed by atoms with Crippen molar-refractivity contribution in [3.05, 3.63) is 53.8 Å². The lowest BCUT2D eigenvalue weighted by Crippen LogP contribution is -2.57. The Bertz CT molecular complexity index is 948. The highest BCUT2D eigenvalue weighted by Gasteiger charge is 2.47. The van der Waals surface area contributed by atoms with Crippen LogP contribution in [0, 0.1) is 0 Å². The topological polar surface area (TPSA) is 65.4 Å². The molecule has 0 saturated carbocycles. The lowest BCUT2D eigenvalue weighted by molar-refractivity contribution is -0.139. The lowest BCUT2D eigenvalue weighted by atomic mass is 9.78. The van der Waals surface area contributed by atoms with E-state index in [2.05, 4.69) is 31.9 Å². The molecule has 5 rings (SSSR count). The van der Waals surface area contributed by atoms with Crippen LogP contribution in [0.5, 0.6) is 0 Å². The number of furan rings is 1. The average Bonchev–Trinajstić information content (AvgIpc) is 3.30. The molecular weight excluding hydrogens is 340 g/mol. The van der Waals surface area contributed by atoms with E-state index in [-0.39, 0.29) is 11.4 Å². The van der Waals surface area contributed by atoms with Crippen molar-refractivity contribution in [2.75, 3.05) is 19.6 Å². The normalized spacial score (nSPS) is 19.5. The molecule has 0 aliphatic carbocycles. The minimum absolute atomic E-state index is 0.148. The van der Waals surface area contributed by atoms with Crippen LogP contribution in [0.15, 0.2) is 41.1 Å². The number of hydrogen-bond donors (Lipinski definition) is 1. The Balaban J connectivity index is 1.36. The molecule has 2 aliphatic heterocycles. The fraction of sp³-hybridized carbons (Fsp3) is 0.429. The second-order valence-corrected chi connectivity index (χ2v) is 7.71. The molecule has 27 heavy (non-hydrogen) atoms. The summed E-state index contributed by atoms with van der Waals surface area (Å²) >= 11 is 0. The Hall–Kier alpha value is -2.60. The Morgan fingerprint density at radius 1 is 1.26 bits per heavy atom. The fourth-order valence-corrected chi connectivity index (χ4v) is 4.86. The number of nitrogens with one attached hydrogen (secondary N) is 1. The Morgan fingerprint density at radius 2 is 2.07 bits per heavy atom. The number of aromatic nitrogens is 2. The van der Waals surface area contributed by atoms with Gasteiger partial charge in [-0.1, -0.05) is 18.2 Å². The van der Waals surface area contributed by atoms with Crippen LogP contribution in [0.1, 0.15) is 36.9 Å². The third kappa shape index (κ3) is 2.67. The molecule has 1 aromatic carbocycles. The molecule has 2 aromatic heterocycles. The van der Waals surface area contributed by atoms with Gasteiger partial charge in [0, 0.05) is 44.1 Å². The molecule has 1 fully saturated rings. The van der Waals surface area contributed by atoms with E-state index in [1.807, 2.05) is 18.2 Å². The van der Waals surface area contributed by atoms with Crippen molar-refractivity contribution >= 4 is 16.9 Å². The quantitative estimate of drug-likeness (QED) is 0.759. The number of carbonyl (C=O) groups is 1. The van der Waals surface area contributed by atoms with E-state index in [0.717, 1.165) is 67.9 Å². The molecule has 6 nitrogen and oxygen atoms in total. The highest BCUT2D eigenvalue weighted by Crippen LogP contribution is 2.42. The Labute approximate surface area is 158 Å². The molecule has 2 aliphatic rings. The van der Waals surface area contributed by atoms with Gasteiger partial charge in [0.1, 0.15) is 11.3 Å². The molecule has 4 heterocycles. The molecule has 1 spiro atoms. The first-order valence-corrected chi connectivity index (χ1v) is 9.66. The second-order valence-electron chi connectivity index (χ2n) is 7.71. The molecule has 1 N–H and O–H groups in total. The number of hydrogen-bond acceptors (Lipinski definition) is 4. The number of carbonyl (C=O) groups excluding carboxylic acids is 1. The van der Waals surface area contributed by atoms with Crippen LogP contribution in [-0.2, 0) is 23.3 Å². The largest absolute Gasteiger partial charge is 0.460 e. The van der Waals surface area contributed by atoms with Crippen LogP contribution in [0.25, 0.3) is 11.0 Å². The second kappa shape index (κ2) is 6.23. The maximum Gasteiger partial charge on any atom is 0.220 e. The smallest absolute Gasteiger partial charge is 0.220 e. The van der Waals surface area contributed by atoms with E-state index in [1.54, 1.807) is 13.3 Å². The van der Waals surface area contributed by atoms with Crippen molar-refractivity contribution in [3.63, 3.8) is 0 Å². The van der Waals surface area contributed by atoms with Gasteiger partial charge < -0.3 is 14.3 Å². The summed E-state index contributed by atoms with van der Waals surface area (Å²) in [5.41, 5.74) is 2.95. The van der Waals surface area contributed by atoms with Crippen LogP contribution < -0.4 is 0 Å². The summed E-state index contributed by atoms with van der Waals surface area (Å²) in [6.07, 6.45) is 4.45. The zero-order chi connectivity index (χ0) is 18.4. The van der Waals surface area contributed by atoms with Gasteiger partial charge in [0.05, 0.1) is 24.1 Å². The predicted octanol–water partition coefficient (Wildman–Crippen LogP) is 3.05. The third-order valence-corrected chi connectivity index (χ3v) is 6.18. The third-order valence-electron chi connectivity index (χ3n) is 6.18. The number of H-pyrrole nitrogens is 1. The van der Waals surface area contributed by atoms with Gasteiger partial charge >= 0.3 is 0 Å². The van der Waals surface area contributed by atoms with Crippen LogP contribution in [0.3, 0.4) is 0 Å². The summed E-state index contributed by atoms with van der Waals surface area (Å²) < 4.78 is 5.99. The number of aromatic amines is 1. The van der Waals surface area contributed by atoms with Gasteiger partial charge in [-0.25, -0.2) is 4.98 Å². The van der Waals surface area contributed by atoms with E-state index < -0.39 is 0 Å². The van der Waals surface area contributed by atoms with Crippen molar-refractivity contribution in [2.24, 2.45) is 0 Å². The zero-order valence-electron chi connectivity index (χ0n) is 15.6. The highest BCUT2D eigenvalue weighted by molar-refractivity contribution is 5.77. The van der Waals surface area contributed by atoms with E-state index in [9.17, 15) is 4.79 Å². The minimum atomic E-state index is -0.260. The van der Waals surface area contributed by atoms with Crippen molar-refractivity contribution in [2.45, 2.75) is 38.3 Å². The number of benzene rings is 1. The number of fused-ring (bicyclic) bond motifs is 3. The van der Waals surface area contributed by atoms with Crippen LogP contribution in [0.2, 0.25) is 0 Å². The van der Waals surface area contributed by atoms with Gasteiger partial charge in [0.2, 0.25) is 5.91 Å². The summed E-state index contributed by atoms with van der Waals surface area (Å²) in [6, 6.07) is 10.3. The first-order valence-electron chi connectivity index (χ1n) is 9.66. The summed E-state index contributed by atoms with van der Waals surface area (Å²) in [5.74, 6) is 1.15. The summed E-state index contributed by atoms with van der Waals surface area (Å²) in [4.78, 5) is 24.7. The van der Waals surface area contributed by atoms with Gasteiger partial charge in [-0.15, -0.1) is 0 Å². The van der Waals surface area contributed by atoms with Gasteiger partial charge in [0.15, 0.2) is 0 Å².